The lowest BCUT2D eigenvalue weighted by Crippen LogP contribution is -2.41. The number of ether oxygens (including phenoxy) is 2. The quantitative estimate of drug-likeness (QED) is 0.718. The minimum absolute atomic E-state index is 0.0163. The molecule has 5 atom stereocenters. The van der Waals surface area contributed by atoms with Crippen molar-refractivity contribution in [3.05, 3.63) is 53.3 Å². The summed E-state index contributed by atoms with van der Waals surface area (Å²) in [6.45, 7) is 1.78. The van der Waals surface area contributed by atoms with Gasteiger partial charge in [-0.15, -0.1) is 0 Å². The second kappa shape index (κ2) is 7.53. The minimum atomic E-state index is -0.0163. The van der Waals surface area contributed by atoms with Gasteiger partial charge in [-0.3, -0.25) is 4.79 Å². The Bertz CT molecular complexity index is 776. The van der Waals surface area contributed by atoms with E-state index in [-0.39, 0.29) is 5.92 Å². The number of hydrogen-bond acceptors (Lipinski definition) is 3. The molecule has 1 unspecified atom stereocenters. The molecule has 1 fully saturated rings. The molecule has 0 aromatic heterocycles. The van der Waals surface area contributed by atoms with Gasteiger partial charge in [0.05, 0.1) is 14.2 Å². The van der Waals surface area contributed by atoms with Gasteiger partial charge in [0.2, 0.25) is 0 Å². The van der Waals surface area contributed by atoms with Gasteiger partial charge >= 0.3 is 0 Å². The van der Waals surface area contributed by atoms with Crippen LogP contribution in [0.25, 0.3) is 0 Å². The van der Waals surface area contributed by atoms with Crippen molar-refractivity contribution in [2.45, 2.75) is 50.9 Å². The van der Waals surface area contributed by atoms with Gasteiger partial charge in [-0.2, -0.15) is 0 Å². The van der Waals surface area contributed by atoms with E-state index < -0.39 is 0 Å². The minimum Gasteiger partial charge on any atom is -0.497 e. The number of carbonyl (C=O) groups is 1. The monoisotopic (exact) mass is 366 g/mol. The SMILES string of the molecule is COC1=CCC([C@H]2[C@H]3CCCC[C@H]3c3cc(OC)ccc3[C@@H]2C(C)=O)C=C1. The number of rotatable bonds is 4. The van der Waals surface area contributed by atoms with Gasteiger partial charge in [-0.25, -0.2) is 0 Å². The third kappa shape index (κ3) is 3.22. The van der Waals surface area contributed by atoms with E-state index >= 15 is 0 Å². The Kier molecular flexibility index (Phi) is 5.12. The summed E-state index contributed by atoms with van der Waals surface area (Å²) >= 11 is 0. The molecule has 0 heterocycles. The predicted molar refractivity (Wildman–Crippen MR) is 107 cm³/mol. The van der Waals surface area contributed by atoms with Crippen molar-refractivity contribution in [2.24, 2.45) is 17.8 Å². The van der Waals surface area contributed by atoms with Crippen molar-refractivity contribution >= 4 is 5.78 Å². The highest BCUT2D eigenvalue weighted by atomic mass is 16.5. The highest BCUT2D eigenvalue weighted by molar-refractivity contribution is 5.85. The molecular formula is C24H30O3. The van der Waals surface area contributed by atoms with E-state index in [1.54, 1.807) is 21.1 Å². The molecule has 27 heavy (non-hydrogen) atoms. The maximum absolute atomic E-state index is 12.9. The predicted octanol–water partition coefficient (Wildman–Crippen LogP) is 5.38. The van der Waals surface area contributed by atoms with Crippen molar-refractivity contribution in [3.63, 3.8) is 0 Å². The first-order valence-electron chi connectivity index (χ1n) is 10.2. The van der Waals surface area contributed by atoms with Crippen LogP contribution in [0.1, 0.15) is 62.0 Å². The number of carbonyl (C=O) groups excluding carboxylic acids is 1. The fourth-order valence-corrected chi connectivity index (χ4v) is 5.85. The van der Waals surface area contributed by atoms with Crippen LogP contribution in [0.5, 0.6) is 5.75 Å². The van der Waals surface area contributed by atoms with Crippen LogP contribution in [-0.4, -0.2) is 20.0 Å². The van der Waals surface area contributed by atoms with Gasteiger partial charge in [-0.1, -0.05) is 25.0 Å². The van der Waals surface area contributed by atoms with Crippen LogP contribution >= 0.6 is 0 Å². The second-order valence-corrected chi connectivity index (χ2v) is 8.28. The lowest BCUT2D eigenvalue weighted by atomic mass is 9.55. The zero-order valence-electron chi connectivity index (χ0n) is 16.6. The Balaban J connectivity index is 1.79. The van der Waals surface area contributed by atoms with E-state index in [9.17, 15) is 4.79 Å². The number of fused-ring (bicyclic) bond motifs is 3. The molecule has 0 N–H and O–H groups in total. The summed E-state index contributed by atoms with van der Waals surface area (Å²) in [5, 5.41) is 0. The number of ketones is 1. The summed E-state index contributed by atoms with van der Waals surface area (Å²) < 4.78 is 10.9. The lowest BCUT2D eigenvalue weighted by molar-refractivity contribution is -0.121. The maximum atomic E-state index is 12.9. The molecular weight excluding hydrogens is 336 g/mol. The van der Waals surface area contributed by atoms with Gasteiger partial charge in [0.15, 0.2) is 0 Å². The zero-order chi connectivity index (χ0) is 19.0. The van der Waals surface area contributed by atoms with Gasteiger partial charge < -0.3 is 9.47 Å². The van der Waals surface area contributed by atoms with E-state index in [0.717, 1.165) is 17.9 Å². The molecule has 0 bridgehead atoms. The Morgan fingerprint density at radius 2 is 1.89 bits per heavy atom. The average molecular weight is 367 g/mol. The Labute approximate surface area is 162 Å². The molecule has 1 aromatic rings. The van der Waals surface area contributed by atoms with E-state index in [1.165, 1.54) is 36.8 Å². The summed E-state index contributed by atoms with van der Waals surface area (Å²) in [4.78, 5) is 12.9. The summed E-state index contributed by atoms with van der Waals surface area (Å²) in [5.41, 5.74) is 2.61. The third-order valence-corrected chi connectivity index (χ3v) is 6.99. The summed E-state index contributed by atoms with van der Waals surface area (Å²) in [5.74, 6) is 4.02. The van der Waals surface area contributed by atoms with Crippen LogP contribution in [0, 0.1) is 17.8 Å². The molecule has 144 valence electrons. The van der Waals surface area contributed by atoms with Crippen molar-refractivity contribution in [2.75, 3.05) is 14.2 Å². The molecule has 0 saturated heterocycles. The molecule has 3 aliphatic carbocycles. The normalized spacial score (nSPS) is 32.1. The first kappa shape index (κ1) is 18.3. The smallest absolute Gasteiger partial charge is 0.137 e. The lowest BCUT2D eigenvalue weighted by Gasteiger charge is -2.49. The molecule has 0 aliphatic heterocycles. The summed E-state index contributed by atoms with van der Waals surface area (Å²) in [7, 11) is 3.44. The van der Waals surface area contributed by atoms with Crippen LogP contribution in [0.15, 0.2) is 42.2 Å². The molecule has 3 heteroatoms. The first-order chi connectivity index (χ1) is 13.1. The van der Waals surface area contributed by atoms with E-state index in [2.05, 4.69) is 30.4 Å². The number of methoxy groups -OCH3 is 2. The number of Topliss-reactive ketones (excluding diaryl/α,β-unsaturated/α-hetero) is 1. The van der Waals surface area contributed by atoms with Crippen molar-refractivity contribution in [1.29, 1.82) is 0 Å². The van der Waals surface area contributed by atoms with Crippen LogP contribution in [0.3, 0.4) is 0 Å². The number of benzene rings is 1. The topological polar surface area (TPSA) is 35.5 Å². The second-order valence-electron chi connectivity index (χ2n) is 8.28. The molecule has 0 spiro atoms. The molecule has 4 rings (SSSR count). The van der Waals surface area contributed by atoms with Crippen molar-refractivity contribution in [1.82, 2.24) is 0 Å². The molecule has 1 saturated carbocycles. The van der Waals surface area contributed by atoms with Crippen LogP contribution in [0.4, 0.5) is 0 Å². The number of hydrogen-bond donors (Lipinski definition) is 0. The van der Waals surface area contributed by atoms with E-state index in [0.29, 0.717) is 29.5 Å². The van der Waals surface area contributed by atoms with Crippen LogP contribution in [0.2, 0.25) is 0 Å². The molecule has 3 aliphatic rings. The molecule has 0 radical (unpaired) electrons. The maximum Gasteiger partial charge on any atom is 0.137 e. The molecule has 0 amide bonds. The fourth-order valence-electron chi connectivity index (χ4n) is 5.85. The number of allylic oxidation sites excluding steroid dienone is 3. The molecule has 3 nitrogen and oxygen atoms in total. The highest BCUT2D eigenvalue weighted by Gasteiger charge is 2.47. The first-order valence-corrected chi connectivity index (χ1v) is 10.2. The van der Waals surface area contributed by atoms with Crippen LogP contribution in [-0.2, 0) is 9.53 Å². The Hall–Kier alpha value is -2.03. The van der Waals surface area contributed by atoms with Crippen LogP contribution < -0.4 is 4.74 Å². The zero-order valence-corrected chi connectivity index (χ0v) is 16.6. The highest BCUT2D eigenvalue weighted by Crippen LogP contribution is 2.56. The Morgan fingerprint density at radius 1 is 1.07 bits per heavy atom. The average Bonchev–Trinajstić information content (AvgIpc) is 2.72. The van der Waals surface area contributed by atoms with Crippen molar-refractivity contribution in [3.8, 4) is 5.75 Å². The Morgan fingerprint density at radius 3 is 2.56 bits per heavy atom. The standard InChI is InChI=1S/C24H30O3/c1-15(25)23-21-13-12-18(27-3)14-22(21)19-6-4-5-7-20(19)24(23)16-8-10-17(26-2)11-9-16/h8,10-14,16,19-20,23-24H,4-7,9H2,1-3H3/t16?,19-,20+,23+,24+/m1/s1. The summed E-state index contributed by atoms with van der Waals surface area (Å²) in [6, 6.07) is 6.37. The van der Waals surface area contributed by atoms with Gasteiger partial charge in [0.25, 0.3) is 0 Å². The van der Waals surface area contributed by atoms with Gasteiger partial charge in [0, 0.05) is 5.92 Å². The fraction of sp³-hybridized carbons (Fsp3) is 0.542. The third-order valence-electron chi connectivity index (χ3n) is 6.99. The van der Waals surface area contributed by atoms with E-state index in [4.69, 9.17) is 9.47 Å². The van der Waals surface area contributed by atoms with Crippen molar-refractivity contribution < 1.29 is 14.3 Å². The van der Waals surface area contributed by atoms with Gasteiger partial charge in [-0.05, 0) is 85.3 Å². The summed E-state index contributed by atoms with van der Waals surface area (Å²) in [6.07, 6.45) is 12.5. The van der Waals surface area contributed by atoms with E-state index in [1.807, 2.05) is 6.07 Å². The van der Waals surface area contributed by atoms with Gasteiger partial charge in [0.1, 0.15) is 17.3 Å². The molecule has 1 aromatic carbocycles. The largest absolute Gasteiger partial charge is 0.497 e.